The molecule has 0 saturated heterocycles. The van der Waals surface area contributed by atoms with Gasteiger partial charge in [-0.05, 0) is 54.3 Å². The predicted molar refractivity (Wildman–Crippen MR) is 123 cm³/mol. The number of aliphatic hydroxyl groups excluding tert-OH is 1. The van der Waals surface area contributed by atoms with Gasteiger partial charge < -0.3 is 10.2 Å². The number of carbonyl (C=O) groups excluding carboxylic acids is 1. The Hall–Kier alpha value is -3.07. The van der Waals surface area contributed by atoms with Gasteiger partial charge in [0.15, 0.2) is 5.78 Å². The topological polar surface area (TPSA) is 81.3 Å². The second-order valence-corrected chi connectivity index (χ2v) is 8.43. The van der Waals surface area contributed by atoms with Gasteiger partial charge in [-0.3, -0.25) is 4.79 Å². The van der Waals surface area contributed by atoms with E-state index in [1.807, 2.05) is 43.3 Å². The van der Waals surface area contributed by atoms with Gasteiger partial charge in [0, 0.05) is 16.2 Å². The molecule has 4 nitrogen and oxygen atoms in total. The number of carbonyl (C=O) groups is 1. The average molecular weight is 432 g/mol. The molecular formula is C26H25NO3S. The Morgan fingerprint density at radius 1 is 1.10 bits per heavy atom. The number of thioether (sulfide) groups is 1. The number of nitriles is 1. The number of nitrogens with zero attached hydrogens (tertiary/aromatic N) is 1. The minimum absolute atomic E-state index is 0.0948. The van der Waals surface area contributed by atoms with Crippen LogP contribution in [0.2, 0.25) is 0 Å². The molecule has 0 fully saturated rings. The number of benzene rings is 3. The number of hydrogen-bond donors (Lipinski definition) is 2. The zero-order valence-electron chi connectivity index (χ0n) is 17.6. The molecule has 1 atom stereocenters. The van der Waals surface area contributed by atoms with Crippen LogP contribution in [0.3, 0.4) is 0 Å². The largest absolute Gasteiger partial charge is 0.507 e. The lowest BCUT2D eigenvalue weighted by atomic mass is 9.99. The molecule has 0 bridgehead atoms. The van der Waals surface area contributed by atoms with Gasteiger partial charge in [0.2, 0.25) is 0 Å². The summed E-state index contributed by atoms with van der Waals surface area (Å²) in [7, 11) is 0. The van der Waals surface area contributed by atoms with Crippen molar-refractivity contribution in [3.05, 3.63) is 94.0 Å². The van der Waals surface area contributed by atoms with Crippen LogP contribution in [0, 0.1) is 11.3 Å². The van der Waals surface area contributed by atoms with Gasteiger partial charge in [-0.1, -0.05) is 49.7 Å². The van der Waals surface area contributed by atoms with Gasteiger partial charge in [0.05, 0.1) is 17.2 Å². The van der Waals surface area contributed by atoms with E-state index in [0.717, 1.165) is 28.0 Å². The molecule has 3 rings (SSSR count). The highest BCUT2D eigenvalue weighted by atomic mass is 32.2. The maximum Gasteiger partial charge on any atom is 0.163 e. The Bertz CT molecular complexity index is 1120. The van der Waals surface area contributed by atoms with E-state index >= 15 is 0 Å². The maximum absolute atomic E-state index is 11.7. The highest BCUT2D eigenvalue weighted by Crippen LogP contribution is 2.35. The molecule has 0 aliphatic carbocycles. The molecule has 0 aliphatic rings. The first-order valence-electron chi connectivity index (χ1n) is 10.2. The summed E-state index contributed by atoms with van der Waals surface area (Å²) < 4.78 is 0. The minimum Gasteiger partial charge on any atom is -0.507 e. The van der Waals surface area contributed by atoms with E-state index in [1.54, 1.807) is 36.0 Å². The lowest BCUT2D eigenvalue weighted by molar-refractivity contribution is 0.101. The quantitative estimate of drug-likeness (QED) is 0.348. The van der Waals surface area contributed by atoms with Gasteiger partial charge in [-0.25, -0.2) is 0 Å². The molecule has 0 spiro atoms. The highest BCUT2D eigenvalue weighted by Gasteiger charge is 2.16. The summed E-state index contributed by atoms with van der Waals surface area (Å²) in [6.07, 6.45) is 0.798. The van der Waals surface area contributed by atoms with Crippen LogP contribution in [0.25, 0.3) is 0 Å². The molecule has 0 saturated carbocycles. The normalized spacial score (nSPS) is 11.7. The van der Waals surface area contributed by atoms with Crippen molar-refractivity contribution >= 4 is 17.5 Å². The number of aliphatic hydroxyl groups is 1. The van der Waals surface area contributed by atoms with E-state index in [2.05, 4.69) is 6.07 Å². The number of phenols is 1. The zero-order valence-corrected chi connectivity index (χ0v) is 18.4. The molecule has 0 amide bonds. The SMILES string of the molecule is CCCc1c(SCc2ccc(C(O)c3cccc(C#N)c3)cc2)ccc(C(C)=O)c1O. The van der Waals surface area contributed by atoms with Gasteiger partial charge >= 0.3 is 0 Å². The molecule has 0 aliphatic heterocycles. The second kappa shape index (κ2) is 10.3. The van der Waals surface area contributed by atoms with Crippen molar-refractivity contribution in [2.45, 2.75) is 43.4 Å². The van der Waals surface area contributed by atoms with Crippen LogP contribution in [-0.4, -0.2) is 16.0 Å². The van der Waals surface area contributed by atoms with Crippen LogP contribution in [0.15, 0.2) is 65.6 Å². The number of rotatable bonds is 8. The molecule has 2 N–H and O–H groups in total. The Labute approximate surface area is 187 Å². The molecule has 0 radical (unpaired) electrons. The van der Waals surface area contributed by atoms with Gasteiger partial charge in [-0.15, -0.1) is 11.8 Å². The monoisotopic (exact) mass is 431 g/mol. The van der Waals surface area contributed by atoms with Crippen LogP contribution in [0.4, 0.5) is 0 Å². The number of phenolic OH excluding ortho intramolecular Hbond substituents is 1. The predicted octanol–water partition coefficient (Wildman–Crippen LogP) is 5.79. The van der Waals surface area contributed by atoms with Crippen molar-refractivity contribution in [1.29, 1.82) is 5.26 Å². The van der Waals surface area contributed by atoms with Crippen molar-refractivity contribution < 1.29 is 15.0 Å². The van der Waals surface area contributed by atoms with Crippen molar-refractivity contribution in [3.63, 3.8) is 0 Å². The van der Waals surface area contributed by atoms with Crippen LogP contribution in [0.5, 0.6) is 5.75 Å². The van der Waals surface area contributed by atoms with Crippen LogP contribution in [-0.2, 0) is 12.2 Å². The van der Waals surface area contributed by atoms with E-state index in [1.165, 1.54) is 6.92 Å². The lowest BCUT2D eigenvalue weighted by Gasteiger charge is -2.14. The number of aromatic hydroxyl groups is 1. The first-order chi connectivity index (χ1) is 14.9. The molecule has 3 aromatic rings. The van der Waals surface area contributed by atoms with Gasteiger partial charge in [0.1, 0.15) is 11.9 Å². The third-order valence-corrected chi connectivity index (χ3v) is 6.31. The summed E-state index contributed by atoms with van der Waals surface area (Å²) in [5.74, 6) is 0.661. The first-order valence-corrected chi connectivity index (χ1v) is 11.2. The van der Waals surface area contributed by atoms with Gasteiger partial charge in [-0.2, -0.15) is 5.26 Å². The fourth-order valence-corrected chi connectivity index (χ4v) is 4.51. The lowest BCUT2D eigenvalue weighted by Crippen LogP contribution is -2.00. The Kier molecular flexibility index (Phi) is 7.51. The molecule has 0 heterocycles. The fraction of sp³-hybridized carbons (Fsp3) is 0.231. The van der Waals surface area contributed by atoms with Crippen molar-refractivity contribution in [1.82, 2.24) is 0 Å². The third-order valence-electron chi connectivity index (χ3n) is 5.14. The third kappa shape index (κ3) is 5.35. The summed E-state index contributed by atoms with van der Waals surface area (Å²) in [4.78, 5) is 12.7. The van der Waals surface area contributed by atoms with E-state index in [0.29, 0.717) is 28.9 Å². The molecule has 5 heteroatoms. The Balaban J connectivity index is 1.74. The van der Waals surface area contributed by atoms with E-state index in [-0.39, 0.29) is 11.5 Å². The average Bonchev–Trinajstić information content (AvgIpc) is 2.79. The molecule has 3 aromatic carbocycles. The Morgan fingerprint density at radius 3 is 2.48 bits per heavy atom. The second-order valence-electron chi connectivity index (χ2n) is 7.41. The summed E-state index contributed by atoms with van der Waals surface area (Å²) in [6, 6.07) is 20.4. The molecule has 31 heavy (non-hydrogen) atoms. The van der Waals surface area contributed by atoms with E-state index < -0.39 is 6.10 Å². The maximum atomic E-state index is 11.7. The van der Waals surface area contributed by atoms with Crippen molar-refractivity contribution in [2.24, 2.45) is 0 Å². The minimum atomic E-state index is -0.790. The van der Waals surface area contributed by atoms with Crippen molar-refractivity contribution in [3.8, 4) is 11.8 Å². The summed E-state index contributed by atoms with van der Waals surface area (Å²) in [5.41, 5.74) is 4.25. The molecule has 0 aromatic heterocycles. The van der Waals surface area contributed by atoms with E-state index in [9.17, 15) is 15.0 Å². The number of ketones is 1. The van der Waals surface area contributed by atoms with E-state index in [4.69, 9.17) is 5.26 Å². The standard InChI is InChI=1S/C26H25NO3S/c1-3-5-23-24(13-12-22(17(2)28)26(23)30)31-16-18-8-10-20(11-9-18)25(29)21-7-4-6-19(14-21)15-27/h4,6-14,25,29-30H,3,5,16H2,1-2H3. The highest BCUT2D eigenvalue weighted by molar-refractivity contribution is 7.98. The summed E-state index contributed by atoms with van der Waals surface area (Å²) in [5, 5.41) is 30.2. The van der Waals surface area contributed by atoms with Gasteiger partial charge in [0.25, 0.3) is 0 Å². The van der Waals surface area contributed by atoms with Crippen molar-refractivity contribution in [2.75, 3.05) is 0 Å². The smallest absolute Gasteiger partial charge is 0.163 e. The molecular weight excluding hydrogens is 406 g/mol. The number of hydrogen-bond acceptors (Lipinski definition) is 5. The first kappa shape index (κ1) is 22.6. The Morgan fingerprint density at radius 2 is 1.84 bits per heavy atom. The molecule has 158 valence electrons. The summed E-state index contributed by atoms with van der Waals surface area (Å²) in [6.45, 7) is 3.51. The summed E-state index contributed by atoms with van der Waals surface area (Å²) >= 11 is 1.62. The zero-order chi connectivity index (χ0) is 22.4. The number of Topliss-reactive ketones (excluding diaryl/α,β-unsaturated/α-hetero) is 1. The fourth-order valence-electron chi connectivity index (χ4n) is 3.46. The van der Waals surface area contributed by atoms with Crippen LogP contribution in [0.1, 0.15) is 64.5 Å². The van der Waals surface area contributed by atoms with Crippen LogP contribution < -0.4 is 0 Å². The molecule has 1 unspecified atom stereocenters. The van der Waals surface area contributed by atoms with Crippen LogP contribution >= 0.6 is 11.8 Å².